The molecule has 2 amide bonds. The van der Waals surface area contributed by atoms with Crippen molar-refractivity contribution in [2.45, 2.75) is 13.0 Å². The van der Waals surface area contributed by atoms with Gasteiger partial charge in [-0.3, -0.25) is 5.32 Å². The molecule has 0 spiro atoms. The van der Waals surface area contributed by atoms with Crippen molar-refractivity contribution in [2.75, 3.05) is 18.9 Å². The fourth-order valence-electron chi connectivity index (χ4n) is 2.33. The molecular formula is C16H17ClN4OS. The van der Waals surface area contributed by atoms with E-state index in [-0.39, 0.29) is 6.03 Å². The van der Waals surface area contributed by atoms with Crippen LogP contribution in [0.5, 0.6) is 0 Å². The van der Waals surface area contributed by atoms with Crippen LogP contribution in [0.1, 0.15) is 16.1 Å². The van der Waals surface area contributed by atoms with E-state index in [9.17, 15) is 4.79 Å². The third kappa shape index (κ3) is 4.31. The van der Waals surface area contributed by atoms with Gasteiger partial charge in [0, 0.05) is 35.6 Å². The van der Waals surface area contributed by atoms with Gasteiger partial charge < -0.3 is 10.2 Å². The van der Waals surface area contributed by atoms with Crippen molar-refractivity contribution >= 4 is 40.2 Å². The lowest BCUT2D eigenvalue weighted by molar-refractivity contribution is 0.255. The highest BCUT2D eigenvalue weighted by atomic mass is 35.5. The van der Waals surface area contributed by atoms with Gasteiger partial charge in [-0.25, -0.2) is 9.78 Å². The molecule has 0 radical (unpaired) electrons. The van der Waals surface area contributed by atoms with E-state index in [0.717, 1.165) is 30.8 Å². The minimum Gasteiger partial charge on any atom is -0.314 e. The van der Waals surface area contributed by atoms with Crippen molar-refractivity contribution in [2.24, 2.45) is 0 Å². The zero-order valence-corrected chi connectivity index (χ0v) is 14.2. The van der Waals surface area contributed by atoms with Crippen LogP contribution in [0.3, 0.4) is 0 Å². The van der Waals surface area contributed by atoms with Crippen molar-refractivity contribution in [3.05, 3.63) is 51.6 Å². The molecule has 1 aromatic carbocycles. The average molecular weight is 349 g/mol. The summed E-state index contributed by atoms with van der Waals surface area (Å²) >= 11 is 7.44. The fraction of sp³-hybridized carbons (Fsp3) is 0.250. The first-order valence-electron chi connectivity index (χ1n) is 7.27. The van der Waals surface area contributed by atoms with Crippen LogP contribution in [0.15, 0.2) is 30.5 Å². The first-order valence-corrected chi connectivity index (χ1v) is 8.46. The molecule has 0 atom stereocenters. The molecule has 0 aliphatic carbocycles. The molecule has 7 heteroatoms. The second kappa shape index (κ2) is 7.12. The number of thiazole rings is 1. The third-order valence-electron chi connectivity index (χ3n) is 3.48. The molecule has 0 saturated carbocycles. The van der Waals surface area contributed by atoms with Crippen molar-refractivity contribution in [3.63, 3.8) is 0 Å². The number of likely N-dealkylation sites (N-methyl/N-ethyl adjacent to an activating group) is 1. The van der Waals surface area contributed by atoms with Gasteiger partial charge in [0.2, 0.25) is 0 Å². The predicted octanol–water partition coefficient (Wildman–Crippen LogP) is 3.58. The molecule has 1 aromatic heterocycles. The number of benzene rings is 1. The lowest BCUT2D eigenvalue weighted by atomic mass is 10.2. The first-order chi connectivity index (χ1) is 11.1. The van der Waals surface area contributed by atoms with Crippen LogP contribution in [0, 0.1) is 0 Å². The summed E-state index contributed by atoms with van der Waals surface area (Å²) in [6.45, 7) is 1.90. The molecular weight excluding hydrogens is 332 g/mol. The van der Waals surface area contributed by atoms with E-state index in [1.165, 1.54) is 16.2 Å². The van der Waals surface area contributed by atoms with Crippen molar-refractivity contribution in [1.82, 2.24) is 15.2 Å². The van der Waals surface area contributed by atoms with Crippen LogP contribution in [-0.4, -0.2) is 29.5 Å². The molecule has 0 saturated heterocycles. The Hall–Kier alpha value is -1.89. The van der Waals surface area contributed by atoms with Crippen molar-refractivity contribution in [1.29, 1.82) is 0 Å². The number of urea groups is 1. The summed E-state index contributed by atoms with van der Waals surface area (Å²) in [4.78, 5) is 19.9. The Bertz CT molecular complexity index is 743. The number of nitrogens with one attached hydrogen (secondary N) is 2. The van der Waals surface area contributed by atoms with Gasteiger partial charge >= 0.3 is 6.03 Å². The number of aromatic nitrogens is 1. The van der Waals surface area contributed by atoms with Gasteiger partial charge in [-0.2, -0.15) is 0 Å². The van der Waals surface area contributed by atoms with Gasteiger partial charge in [0.1, 0.15) is 0 Å². The molecule has 23 heavy (non-hydrogen) atoms. The number of carbonyl (C=O) groups excluding carboxylic acids is 1. The highest BCUT2D eigenvalue weighted by Crippen LogP contribution is 2.27. The van der Waals surface area contributed by atoms with E-state index < -0.39 is 0 Å². The number of hydrogen-bond acceptors (Lipinski definition) is 4. The Morgan fingerprint density at radius 1 is 1.48 bits per heavy atom. The van der Waals surface area contributed by atoms with Crippen molar-refractivity contribution < 1.29 is 4.79 Å². The highest BCUT2D eigenvalue weighted by molar-refractivity contribution is 7.15. The van der Waals surface area contributed by atoms with Crippen LogP contribution in [0.25, 0.3) is 6.08 Å². The summed E-state index contributed by atoms with van der Waals surface area (Å²) < 4.78 is 0. The third-order valence-corrected chi connectivity index (χ3v) is 4.71. The number of fused-ring (bicyclic) bond motifs is 1. The molecule has 3 rings (SSSR count). The first kappa shape index (κ1) is 16.0. The fourth-order valence-corrected chi connectivity index (χ4v) is 3.62. The summed E-state index contributed by atoms with van der Waals surface area (Å²) in [6.07, 6.45) is 4.30. The number of rotatable bonds is 3. The lowest BCUT2D eigenvalue weighted by Gasteiger charge is -2.20. The number of hydrogen-bond donors (Lipinski definition) is 2. The topological polar surface area (TPSA) is 57.3 Å². The van der Waals surface area contributed by atoms with Crippen LogP contribution in [-0.2, 0) is 13.0 Å². The van der Waals surface area contributed by atoms with E-state index in [2.05, 4.69) is 27.6 Å². The second-order valence-electron chi connectivity index (χ2n) is 5.36. The quantitative estimate of drug-likeness (QED) is 0.891. The van der Waals surface area contributed by atoms with Crippen molar-refractivity contribution in [3.8, 4) is 0 Å². The standard InChI is InChI=1S/C16H17ClN4OS/c1-21-8-6-13-14(10-21)23-16(19-13)20-15(22)18-7-5-11-3-2-4-12(17)9-11/h2-5,7,9H,6,8,10H2,1H3,(H2,18,19,20,22)/b7-5+. The smallest absolute Gasteiger partial charge is 0.314 e. The minimum absolute atomic E-state index is 0.303. The molecule has 5 nitrogen and oxygen atoms in total. The highest BCUT2D eigenvalue weighted by Gasteiger charge is 2.18. The maximum absolute atomic E-state index is 11.9. The molecule has 120 valence electrons. The molecule has 0 bridgehead atoms. The average Bonchev–Trinajstić information content (AvgIpc) is 2.88. The van der Waals surface area contributed by atoms with E-state index in [0.29, 0.717) is 10.2 Å². The molecule has 1 aliphatic rings. The SMILES string of the molecule is CN1CCc2nc(NC(=O)N/C=C/c3cccc(Cl)c3)sc2C1. The van der Waals surface area contributed by atoms with E-state index >= 15 is 0 Å². The van der Waals surface area contributed by atoms with E-state index in [4.69, 9.17) is 11.6 Å². The number of nitrogens with zero attached hydrogens (tertiary/aromatic N) is 2. The molecule has 2 heterocycles. The van der Waals surface area contributed by atoms with Crippen LogP contribution in [0.2, 0.25) is 5.02 Å². The Balaban J connectivity index is 1.55. The molecule has 2 N–H and O–H groups in total. The Kier molecular flexibility index (Phi) is 4.95. The summed E-state index contributed by atoms with van der Waals surface area (Å²) in [7, 11) is 2.09. The van der Waals surface area contributed by atoms with Gasteiger partial charge in [0.05, 0.1) is 5.69 Å². The number of amides is 2. The molecule has 1 aliphatic heterocycles. The van der Waals surface area contributed by atoms with Crippen LogP contribution in [0.4, 0.5) is 9.93 Å². The largest absolute Gasteiger partial charge is 0.325 e. The Labute approximate surface area is 144 Å². The van der Waals surface area contributed by atoms with Gasteiger partial charge in [-0.05, 0) is 30.8 Å². The second-order valence-corrected chi connectivity index (χ2v) is 6.88. The maximum Gasteiger partial charge on any atom is 0.325 e. The van der Waals surface area contributed by atoms with Gasteiger partial charge in [-0.15, -0.1) is 11.3 Å². The Morgan fingerprint density at radius 3 is 3.17 bits per heavy atom. The maximum atomic E-state index is 11.9. The zero-order chi connectivity index (χ0) is 16.2. The Morgan fingerprint density at radius 2 is 2.35 bits per heavy atom. The van der Waals surface area contributed by atoms with Gasteiger partial charge in [0.15, 0.2) is 5.13 Å². The minimum atomic E-state index is -0.303. The summed E-state index contributed by atoms with van der Waals surface area (Å²) in [5, 5.41) is 6.74. The van der Waals surface area contributed by atoms with E-state index in [1.54, 1.807) is 18.3 Å². The number of halogens is 1. The molecule has 2 aromatic rings. The normalized spacial score (nSPS) is 14.7. The van der Waals surface area contributed by atoms with E-state index in [1.807, 2.05) is 18.2 Å². The molecule has 0 unspecified atom stereocenters. The lowest BCUT2D eigenvalue weighted by Crippen LogP contribution is -2.25. The van der Waals surface area contributed by atoms with Crippen LogP contribution >= 0.6 is 22.9 Å². The van der Waals surface area contributed by atoms with Gasteiger partial charge in [-0.1, -0.05) is 23.7 Å². The zero-order valence-electron chi connectivity index (χ0n) is 12.7. The van der Waals surface area contributed by atoms with Crippen LogP contribution < -0.4 is 10.6 Å². The summed E-state index contributed by atoms with van der Waals surface area (Å²) in [6, 6.07) is 7.10. The predicted molar refractivity (Wildman–Crippen MR) is 94.8 cm³/mol. The number of anilines is 1. The van der Waals surface area contributed by atoms with Gasteiger partial charge in [0.25, 0.3) is 0 Å². The summed E-state index contributed by atoms with van der Waals surface area (Å²) in [5.41, 5.74) is 2.02. The molecule has 0 fully saturated rings. The monoisotopic (exact) mass is 348 g/mol. The summed E-state index contributed by atoms with van der Waals surface area (Å²) in [5.74, 6) is 0. The number of carbonyl (C=O) groups is 1.